The molecule has 0 aliphatic carbocycles. The smallest absolute Gasteiger partial charge is 0.174 e. The topological polar surface area (TPSA) is 137 Å². The highest BCUT2D eigenvalue weighted by atomic mass is 16.5. The van der Waals surface area contributed by atoms with E-state index in [1.807, 2.05) is 0 Å². The number of carbonyl (C=O) groups is 1. The molecule has 0 spiro atoms. The first-order chi connectivity index (χ1) is 13.1. The first-order valence-corrected chi connectivity index (χ1v) is 8.76. The molecular formula is C20H20O8. The van der Waals surface area contributed by atoms with Gasteiger partial charge in [-0.05, 0) is 31.5 Å². The van der Waals surface area contributed by atoms with E-state index in [0.29, 0.717) is 5.56 Å². The second-order valence-corrected chi connectivity index (χ2v) is 7.63. The third-order valence-electron chi connectivity index (χ3n) is 5.17. The van der Waals surface area contributed by atoms with Crippen molar-refractivity contribution in [2.75, 3.05) is 0 Å². The third-order valence-corrected chi connectivity index (χ3v) is 5.17. The molecule has 4 rings (SSSR count). The molecule has 0 radical (unpaired) electrons. The highest BCUT2D eigenvalue weighted by Crippen LogP contribution is 2.48. The number of rotatable bonds is 1. The molecule has 5 N–H and O–H groups in total. The maximum atomic E-state index is 12.5. The zero-order chi connectivity index (χ0) is 20.4. The molecule has 3 atom stereocenters. The molecule has 8 nitrogen and oxygen atoms in total. The van der Waals surface area contributed by atoms with Crippen LogP contribution in [0, 0.1) is 0 Å². The fraction of sp³-hybridized carbons (Fsp3) is 0.350. The number of phenols is 3. The number of carbonyl (C=O) groups excluding carboxylic acids is 1. The molecule has 148 valence electrons. The summed E-state index contributed by atoms with van der Waals surface area (Å²) >= 11 is 0. The molecule has 0 amide bonds. The summed E-state index contributed by atoms with van der Waals surface area (Å²) in [6, 6.07) is 5.15. The average molecular weight is 388 g/mol. The van der Waals surface area contributed by atoms with Crippen molar-refractivity contribution >= 4 is 5.78 Å². The van der Waals surface area contributed by atoms with Crippen LogP contribution in [0.5, 0.6) is 28.7 Å². The normalized spacial score (nSPS) is 25.3. The lowest BCUT2D eigenvalue weighted by molar-refractivity contribution is -0.112. The second-order valence-electron chi connectivity index (χ2n) is 7.63. The maximum Gasteiger partial charge on any atom is 0.174 e. The zero-order valence-electron chi connectivity index (χ0n) is 15.2. The fourth-order valence-corrected chi connectivity index (χ4v) is 3.66. The average Bonchev–Trinajstić information content (AvgIpc) is 2.59. The first-order valence-electron chi connectivity index (χ1n) is 8.76. The molecule has 0 unspecified atom stereocenters. The first kappa shape index (κ1) is 18.4. The lowest BCUT2D eigenvalue weighted by atomic mass is 9.86. The van der Waals surface area contributed by atoms with Gasteiger partial charge in [-0.3, -0.25) is 4.79 Å². The Morgan fingerprint density at radius 1 is 1.04 bits per heavy atom. The number of ether oxygens (including phenoxy) is 2. The molecule has 0 aromatic heterocycles. The third kappa shape index (κ3) is 2.73. The van der Waals surface area contributed by atoms with Crippen LogP contribution in [0.1, 0.15) is 54.0 Å². The number of Topliss-reactive ketones (excluding diaryl/α,β-unsaturated/α-hetero) is 1. The summed E-state index contributed by atoms with van der Waals surface area (Å²) in [5, 5.41) is 50.7. The van der Waals surface area contributed by atoms with Crippen molar-refractivity contribution in [2.45, 2.75) is 44.2 Å². The van der Waals surface area contributed by atoms with Gasteiger partial charge in [-0.25, -0.2) is 0 Å². The van der Waals surface area contributed by atoms with Crippen LogP contribution in [0.15, 0.2) is 24.3 Å². The lowest BCUT2D eigenvalue weighted by Gasteiger charge is -2.40. The highest BCUT2D eigenvalue weighted by molar-refractivity contribution is 6.02. The van der Waals surface area contributed by atoms with Gasteiger partial charge in [0.1, 0.15) is 46.7 Å². The van der Waals surface area contributed by atoms with Crippen molar-refractivity contribution in [1.82, 2.24) is 0 Å². The minimum atomic E-state index is -1.30. The second kappa shape index (κ2) is 6.02. The van der Waals surface area contributed by atoms with E-state index >= 15 is 0 Å². The lowest BCUT2D eigenvalue weighted by Crippen LogP contribution is -2.48. The zero-order valence-corrected chi connectivity index (χ0v) is 15.2. The van der Waals surface area contributed by atoms with Crippen LogP contribution in [0.3, 0.4) is 0 Å². The number of phenolic OH excluding ortho intramolecular Hbond substituents is 3. The number of aliphatic hydroxyl groups excluding tert-OH is 2. The monoisotopic (exact) mass is 388 g/mol. The maximum absolute atomic E-state index is 12.5. The van der Waals surface area contributed by atoms with E-state index in [-0.39, 0.29) is 52.1 Å². The Bertz CT molecular complexity index is 981. The van der Waals surface area contributed by atoms with E-state index in [4.69, 9.17) is 9.47 Å². The molecule has 28 heavy (non-hydrogen) atoms. The quantitative estimate of drug-likeness (QED) is 0.501. The largest absolute Gasteiger partial charge is 0.508 e. The molecule has 0 saturated heterocycles. The van der Waals surface area contributed by atoms with E-state index < -0.39 is 23.9 Å². The van der Waals surface area contributed by atoms with Crippen LogP contribution in [0.4, 0.5) is 0 Å². The van der Waals surface area contributed by atoms with Crippen molar-refractivity contribution < 1.29 is 39.8 Å². The summed E-state index contributed by atoms with van der Waals surface area (Å²) in [4.78, 5) is 12.5. The van der Waals surface area contributed by atoms with Crippen LogP contribution in [-0.4, -0.2) is 43.0 Å². The van der Waals surface area contributed by atoms with Gasteiger partial charge >= 0.3 is 0 Å². The van der Waals surface area contributed by atoms with Crippen LogP contribution >= 0.6 is 0 Å². The predicted molar refractivity (Wildman–Crippen MR) is 95.9 cm³/mol. The van der Waals surface area contributed by atoms with Gasteiger partial charge in [0.2, 0.25) is 0 Å². The molecule has 0 fully saturated rings. The summed E-state index contributed by atoms with van der Waals surface area (Å²) < 4.78 is 11.4. The van der Waals surface area contributed by atoms with Gasteiger partial charge in [0, 0.05) is 17.7 Å². The van der Waals surface area contributed by atoms with E-state index in [2.05, 4.69) is 0 Å². The van der Waals surface area contributed by atoms with E-state index in [0.717, 1.165) is 6.07 Å². The minimum Gasteiger partial charge on any atom is -0.508 e. The Morgan fingerprint density at radius 2 is 1.75 bits per heavy atom. The number of benzene rings is 2. The van der Waals surface area contributed by atoms with E-state index in [1.165, 1.54) is 18.2 Å². The SMILES string of the molecule is CC1(C)Oc2c(O)cc([C@H]3CC(=O)c4c(O)cc(O)cc4O3)cc2[C@H](O)[C@H]1O. The van der Waals surface area contributed by atoms with Gasteiger partial charge in [-0.15, -0.1) is 0 Å². The number of hydrogen-bond donors (Lipinski definition) is 5. The van der Waals surface area contributed by atoms with Gasteiger partial charge in [0.25, 0.3) is 0 Å². The van der Waals surface area contributed by atoms with Crippen LogP contribution in [-0.2, 0) is 0 Å². The van der Waals surface area contributed by atoms with Crippen molar-refractivity contribution in [2.24, 2.45) is 0 Å². The molecular weight excluding hydrogens is 368 g/mol. The van der Waals surface area contributed by atoms with Gasteiger partial charge in [0.15, 0.2) is 17.3 Å². The summed E-state index contributed by atoms with van der Waals surface area (Å²) in [6.45, 7) is 3.19. The molecule has 0 bridgehead atoms. The number of hydrogen-bond acceptors (Lipinski definition) is 8. The Morgan fingerprint density at radius 3 is 2.46 bits per heavy atom. The summed E-state index contributed by atoms with van der Waals surface area (Å²) in [5.74, 6) is -1.20. The highest BCUT2D eigenvalue weighted by Gasteiger charge is 2.44. The Kier molecular flexibility index (Phi) is 3.95. The molecule has 2 heterocycles. The van der Waals surface area contributed by atoms with Crippen LogP contribution < -0.4 is 9.47 Å². The van der Waals surface area contributed by atoms with Gasteiger partial charge in [-0.2, -0.15) is 0 Å². The van der Waals surface area contributed by atoms with Crippen molar-refractivity contribution in [3.8, 4) is 28.7 Å². The molecule has 2 aromatic carbocycles. The predicted octanol–water partition coefficient (Wildman–Crippen LogP) is 2.08. The standard InChI is InChI=1S/C20H20O8/c1-20(2)19(26)17(25)10-3-8(4-13(24)18(10)28-20)14-7-12(23)16-11(22)5-9(21)6-15(16)27-14/h3-6,14,17,19,21-22,24-26H,7H2,1-2H3/t14-,17+,19-/m1/s1. The van der Waals surface area contributed by atoms with Gasteiger partial charge in [0.05, 0.1) is 6.42 Å². The summed E-state index contributed by atoms with van der Waals surface area (Å²) in [7, 11) is 0. The molecule has 2 aliphatic heterocycles. The summed E-state index contributed by atoms with van der Waals surface area (Å²) in [5.41, 5.74) is -0.552. The molecule has 8 heteroatoms. The Balaban J connectivity index is 1.76. The van der Waals surface area contributed by atoms with Gasteiger partial charge in [-0.1, -0.05) is 0 Å². The van der Waals surface area contributed by atoms with E-state index in [1.54, 1.807) is 13.8 Å². The summed E-state index contributed by atoms with van der Waals surface area (Å²) in [6.07, 6.45) is -3.46. The van der Waals surface area contributed by atoms with Crippen LogP contribution in [0.25, 0.3) is 0 Å². The minimum absolute atomic E-state index is 0.0169. The number of aliphatic hydroxyl groups is 2. The molecule has 2 aromatic rings. The van der Waals surface area contributed by atoms with Crippen molar-refractivity contribution in [1.29, 1.82) is 0 Å². The Hall–Kier alpha value is -2.97. The fourth-order valence-electron chi connectivity index (χ4n) is 3.66. The number of aromatic hydroxyl groups is 3. The van der Waals surface area contributed by atoms with E-state index in [9.17, 15) is 30.3 Å². The Labute approximate surface area is 160 Å². The van der Waals surface area contributed by atoms with Crippen LogP contribution in [0.2, 0.25) is 0 Å². The van der Waals surface area contributed by atoms with Crippen molar-refractivity contribution in [3.63, 3.8) is 0 Å². The molecule has 0 saturated carbocycles. The van der Waals surface area contributed by atoms with Crippen molar-refractivity contribution in [3.05, 3.63) is 41.0 Å². The number of fused-ring (bicyclic) bond motifs is 2. The number of ketones is 1. The van der Waals surface area contributed by atoms with Gasteiger partial charge < -0.3 is 35.0 Å². The molecule has 2 aliphatic rings.